The summed E-state index contributed by atoms with van der Waals surface area (Å²) in [6.07, 6.45) is 0.786. The third-order valence-electron chi connectivity index (χ3n) is 2.22. The van der Waals surface area contributed by atoms with Crippen molar-refractivity contribution in [2.45, 2.75) is 11.7 Å². The van der Waals surface area contributed by atoms with E-state index in [1.165, 1.54) is 12.0 Å². The van der Waals surface area contributed by atoms with E-state index in [0.29, 0.717) is 11.6 Å². The molecule has 0 aliphatic carbocycles. The third-order valence-corrected chi connectivity index (χ3v) is 4.42. The Kier molecular flexibility index (Phi) is 7.75. The van der Waals surface area contributed by atoms with Crippen LogP contribution in [0.4, 0.5) is 10.5 Å². The summed E-state index contributed by atoms with van der Waals surface area (Å²) >= 11 is 5.31. The second-order valence-corrected chi connectivity index (χ2v) is 6.23. The van der Waals surface area contributed by atoms with Crippen LogP contribution < -0.4 is 4.90 Å². The quantitative estimate of drug-likeness (QED) is 0.432. The zero-order valence-corrected chi connectivity index (χ0v) is 13.1. The van der Waals surface area contributed by atoms with Gasteiger partial charge in [0.1, 0.15) is 0 Å². The Balaban J connectivity index is 2.81. The predicted octanol–water partition coefficient (Wildman–Crippen LogP) is 2.54. The number of rotatable bonds is 7. The van der Waals surface area contributed by atoms with Crippen LogP contribution in [0.1, 0.15) is 6.42 Å². The van der Waals surface area contributed by atoms with Crippen molar-refractivity contribution in [1.29, 1.82) is 0 Å². The summed E-state index contributed by atoms with van der Waals surface area (Å²) in [6.45, 7) is -0.105. The minimum absolute atomic E-state index is 0.105. The molecule has 4 nitrogen and oxygen atoms in total. The fourth-order valence-electron chi connectivity index (χ4n) is 1.39. The normalized spacial score (nSPS) is 10.2. The third kappa shape index (κ3) is 5.33. The molecular weight excluding hydrogens is 333 g/mol. The van der Waals surface area contributed by atoms with Gasteiger partial charge in [-0.05, 0) is 0 Å². The summed E-state index contributed by atoms with van der Waals surface area (Å²) in [5.41, 5.74) is 0.585. The van der Waals surface area contributed by atoms with Gasteiger partial charge in [0.15, 0.2) is 0 Å². The number of nitrogens with zero attached hydrogens (tertiary/aromatic N) is 1. The van der Waals surface area contributed by atoms with Crippen LogP contribution in [0.15, 0.2) is 30.3 Å². The first kappa shape index (κ1) is 16.2. The Labute approximate surface area is 124 Å². The first-order chi connectivity index (χ1) is 9.20. The van der Waals surface area contributed by atoms with Crippen molar-refractivity contribution >= 4 is 43.0 Å². The number of carbonyl (C=O) groups excluding carboxylic acids is 2. The number of imide groups is 1. The van der Waals surface area contributed by atoms with Gasteiger partial charge in [0, 0.05) is 0 Å². The molecule has 0 fully saturated rings. The monoisotopic (exact) mass is 349 g/mol. The number of benzene rings is 1. The number of amides is 2. The van der Waals surface area contributed by atoms with Gasteiger partial charge in [0.2, 0.25) is 0 Å². The molecule has 0 saturated carbocycles. The van der Waals surface area contributed by atoms with Crippen molar-refractivity contribution < 1.29 is 14.3 Å². The average Bonchev–Trinajstić information content (AvgIpc) is 2.41. The van der Waals surface area contributed by atoms with E-state index in [4.69, 9.17) is 16.3 Å². The second-order valence-electron chi connectivity index (χ2n) is 3.65. The number of halogens is 1. The Morgan fingerprint density at radius 2 is 2.00 bits per heavy atom. The van der Waals surface area contributed by atoms with Crippen LogP contribution in [0.5, 0.6) is 0 Å². The SMILES string of the molecule is COCC(=O)N(C(=O)[Se]CCCCl)c1ccccc1. The van der Waals surface area contributed by atoms with E-state index >= 15 is 0 Å². The summed E-state index contributed by atoms with van der Waals surface area (Å²) < 4.78 is 4.82. The molecule has 1 rings (SSSR count). The van der Waals surface area contributed by atoms with Crippen molar-refractivity contribution in [3.05, 3.63) is 30.3 Å². The molecular formula is C13H16ClNO3Se. The summed E-state index contributed by atoms with van der Waals surface area (Å²) in [4.78, 5) is 25.2. The van der Waals surface area contributed by atoms with Gasteiger partial charge in [0.25, 0.3) is 0 Å². The van der Waals surface area contributed by atoms with Gasteiger partial charge in [-0.3, -0.25) is 0 Å². The van der Waals surface area contributed by atoms with Gasteiger partial charge in [-0.25, -0.2) is 0 Å². The number of anilines is 1. The minimum atomic E-state index is -0.341. The van der Waals surface area contributed by atoms with Gasteiger partial charge in [-0.1, -0.05) is 0 Å². The zero-order chi connectivity index (χ0) is 14.1. The number of hydrogen-bond acceptors (Lipinski definition) is 3. The van der Waals surface area contributed by atoms with Crippen molar-refractivity contribution in [2.75, 3.05) is 24.5 Å². The van der Waals surface area contributed by atoms with Gasteiger partial charge < -0.3 is 0 Å². The van der Waals surface area contributed by atoms with E-state index in [-0.39, 0.29) is 32.3 Å². The molecule has 0 bridgehead atoms. The molecule has 1 aromatic rings. The van der Waals surface area contributed by atoms with Crippen molar-refractivity contribution in [1.82, 2.24) is 0 Å². The predicted molar refractivity (Wildman–Crippen MR) is 77.1 cm³/mol. The Morgan fingerprint density at radius 1 is 1.32 bits per heavy atom. The number of carbonyl (C=O) groups is 2. The molecule has 0 aliphatic heterocycles. The Morgan fingerprint density at radius 3 is 2.58 bits per heavy atom. The van der Waals surface area contributed by atoms with Gasteiger partial charge in [0.05, 0.1) is 0 Å². The first-order valence-electron chi connectivity index (χ1n) is 5.80. The van der Waals surface area contributed by atoms with E-state index in [9.17, 15) is 9.59 Å². The molecule has 6 heteroatoms. The van der Waals surface area contributed by atoms with E-state index in [0.717, 1.165) is 11.7 Å². The molecule has 104 valence electrons. The molecule has 0 spiro atoms. The van der Waals surface area contributed by atoms with Crippen LogP contribution in [0, 0.1) is 0 Å². The fourth-order valence-corrected chi connectivity index (χ4v) is 3.57. The molecule has 0 heterocycles. The summed E-state index contributed by atoms with van der Waals surface area (Å²) in [7, 11) is 1.43. The molecule has 0 atom stereocenters. The molecule has 0 aromatic heterocycles. The molecule has 1 aromatic carbocycles. The standard InChI is InChI=1S/C13H16ClNO3Se/c1-18-10-12(16)15(11-6-3-2-4-7-11)13(17)19-9-5-8-14/h2-4,6-7H,5,8-10H2,1H3. The van der Waals surface area contributed by atoms with Crippen LogP contribution in [-0.4, -0.2) is 45.3 Å². The molecule has 19 heavy (non-hydrogen) atoms. The van der Waals surface area contributed by atoms with Gasteiger partial charge in [-0.2, -0.15) is 0 Å². The van der Waals surface area contributed by atoms with Crippen LogP contribution in [0.3, 0.4) is 0 Å². The first-order valence-corrected chi connectivity index (χ1v) is 8.40. The van der Waals surface area contributed by atoms with E-state index in [1.807, 2.05) is 6.07 Å². The van der Waals surface area contributed by atoms with E-state index in [2.05, 4.69) is 0 Å². The molecule has 0 aliphatic rings. The zero-order valence-electron chi connectivity index (χ0n) is 10.7. The van der Waals surface area contributed by atoms with Gasteiger partial charge in [-0.15, -0.1) is 0 Å². The topological polar surface area (TPSA) is 46.6 Å². The maximum atomic E-state index is 12.2. The van der Waals surface area contributed by atoms with Gasteiger partial charge >= 0.3 is 124 Å². The summed E-state index contributed by atoms with van der Waals surface area (Å²) in [5, 5.41) is 0.735. The molecule has 0 unspecified atom stereocenters. The Hall–Kier alpha value is -0.871. The molecule has 0 saturated heterocycles. The number of hydrogen-bond donors (Lipinski definition) is 0. The summed E-state index contributed by atoms with van der Waals surface area (Å²) in [6, 6.07) is 8.90. The average molecular weight is 349 g/mol. The molecule has 0 N–H and O–H groups in total. The number of para-hydroxylation sites is 1. The van der Waals surface area contributed by atoms with E-state index < -0.39 is 0 Å². The molecule has 2 amide bonds. The maximum absolute atomic E-state index is 12.2. The van der Waals surface area contributed by atoms with E-state index in [1.54, 1.807) is 24.3 Å². The van der Waals surface area contributed by atoms with Crippen LogP contribution in [0.25, 0.3) is 0 Å². The number of alkyl halides is 1. The molecule has 0 radical (unpaired) electrons. The second kappa shape index (κ2) is 9.10. The number of ether oxygens (including phenoxy) is 1. The van der Waals surface area contributed by atoms with Crippen LogP contribution in [0.2, 0.25) is 5.32 Å². The van der Waals surface area contributed by atoms with Crippen molar-refractivity contribution in [2.24, 2.45) is 0 Å². The van der Waals surface area contributed by atoms with Crippen molar-refractivity contribution in [3.8, 4) is 0 Å². The summed E-state index contributed by atoms with van der Waals surface area (Å²) in [5.74, 6) is 0.193. The van der Waals surface area contributed by atoms with Crippen molar-refractivity contribution in [3.63, 3.8) is 0 Å². The number of methoxy groups -OCH3 is 1. The Bertz CT molecular complexity index is 414. The van der Waals surface area contributed by atoms with Crippen LogP contribution in [-0.2, 0) is 9.53 Å². The van der Waals surface area contributed by atoms with Crippen LogP contribution >= 0.6 is 11.6 Å². The fraction of sp³-hybridized carbons (Fsp3) is 0.385.